The van der Waals surface area contributed by atoms with E-state index in [-0.39, 0.29) is 36.6 Å². The highest BCUT2D eigenvalue weighted by atomic mass is 35.5. The van der Waals surface area contributed by atoms with Gasteiger partial charge in [0.2, 0.25) is 0 Å². The molecule has 102 valence electrons. The van der Waals surface area contributed by atoms with E-state index in [0.717, 1.165) is 13.1 Å². The van der Waals surface area contributed by atoms with Crippen molar-refractivity contribution in [2.24, 2.45) is 0 Å². The standard InChI is InChI=1S/C8H18Cl2N2O2.2ClH/c9-3-7(13)5-11-1-2-12-6-8(14)4-10;;/h7-8,11-14H,1-6H2;2*1H. The normalized spacial score (nSPS) is 13.5. The van der Waals surface area contributed by atoms with Crippen molar-refractivity contribution in [1.82, 2.24) is 10.6 Å². The van der Waals surface area contributed by atoms with Gasteiger partial charge in [0.05, 0.1) is 12.2 Å². The van der Waals surface area contributed by atoms with E-state index in [0.29, 0.717) is 13.1 Å². The number of hydrogen-bond donors (Lipinski definition) is 4. The smallest absolute Gasteiger partial charge is 0.0799 e. The highest BCUT2D eigenvalue weighted by Crippen LogP contribution is 1.84. The molecule has 0 heterocycles. The average molecular weight is 318 g/mol. The van der Waals surface area contributed by atoms with E-state index in [4.69, 9.17) is 33.4 Å². The quantitative estimate of drug-likeness (QED) is 0.363. The van der Waals surface area contributed by atoms with Gasteiger partial charge in [0.1, 0.15) is 0 Å². The first-order valence-electron chi connectivity index (χ1n) is 4.60. The summed E-state index contributed by atoms with van der Waals surface area (Å²) in [7, 11) is 0. The summed E-state index contributed by atoms with van der Waals surface area (Å²) >= 11 is 10.8. The first-order chi connectivity index (χ1) is 6.70. The highest BCUT2D eigenvalue weighted by molar-refractivity contribution is 6.18. The third kappa shape index (κ3) is 15.0. The molecule has 16 heavy (non-hydrogen) atoms. The van der Waals surface area contributed by atoms with Crippen molar-refractivity contribution in [3.63, 3.8) is 0 Å². The molecule has 0 saturated carbocycles. The lowest BCUT2D eigenvalue weighted by Crippen LogP contribution is -2.36. The molecule has 0 aliphatic heterocycles. The van der Waals surface area contributed by atoms with Crippen molar-refractivity contribution >= 4 is 48.0 Å². The van der Waals surface area contributed by atoms with Gasteiger partial charge in [0.25, 0.3) is 0 Å². The molecular weight excluding hydrogens is 298 g/mol. The minimum Gasteiger partial charge on any atom is -0.391 e. The van der Waals surface area contributed by atoms with Gasteiger partial charge in [-0.1, -0.05) is 0 Å². The van der Waals surface area contributed by atoms with Crippen molar-refractivity contribution < 1.29 is 10.2 Å². The summed E-state index contributed by atoms with van der Waals surface area (Å²) in [6, 6.07) is 0. The molecule has 0 aromatic rings. The summed E-state index contributed by atoms with van der Waals surface area (Å²) in [5.74, 6) is 0.483. The fourth-order valence-corrected chi connectivity index (χ4v) is 1.04. The van der Waals surface area contributed by atoms with Crippen molar-refractivity contribution in [3.05, 3.63) is 0 Å². The van der Waals surface area contributed by atoms with Crippen LogP contribution in [0.4, 0.5) is 0 Å². The van der Waals surface area contributed by atoms with Crippen LogP contribution in [0, 0.1) is 0 Å². The zero-order chi connectivity index (χ0) is 10.8. The van der Waals surface area contributed by atoms with Crippen LogP contribution in [0.25, 0.3) is 0 Å². The number of aliphatic hydroxyl groups is 2. The van der Waals surface area contributed by atoms with Crippen LogP contribution in [0.3, 0.4) is 0 Å². The Balaban J connectivity index is -0.000000845. The molecule has 4 N–H and O–H groups in total. The molecule has 8 heteroatoms. The van der Waals surface area contributed by atoms with E-state index in [1.807, 2.05) is 0 Å². The van der Waals surface area contributed by atoms with Crippen LogP contribution in [-0.4, -0.2) is 60.4 Å². The Hall–Kier alpha value is 1.000. The lowest BCUT2D eigenvalue weighted by Gasteiger charge is -2.10. The number of nitrogens with one attached hydrogen (secondary N) is 2. The number of alkyl halides is 2. The van der Waals surface area contributed by atoms with E-state index in [1.165, 1.54) is 0 Å². The molecule has 0 bridgehead atoms. The van der Waals surface area contributed by atoms with E-state index >= 15 is 0 Å². The van der Waals surface area contributed by atoms with Gasteiger partial charge in [-0.05, 0) is 0 Å². The van der Waals surface area contributed by atoms with Crippen molar-refractivity contribution in [3.8, 4) is 0 Å². The van der Waals surface area contributed by atoms with Crippen LogP contribution < -0.4 is 10.6 Å². The predicted molar refractivity (Wildman–Crippen MR) is 73.7 cm³/mol. The van der Waals surface area contributed by atoms with Crippen LogP contribution in [0.5, 0.6) is 0 Å². The van der Waals surface area contributed by atoms with Crippen LogP contribution >= 0.6 is 48.0 Å². The van der Waals surface area contributed by atoms with Gasteiger partial charge in [0, 0.05) is 37.9 Å². The summed E-state index contributed by atoms with van der Waals surface area (Å²) < 4.78 is 0. The first kappa shape index (κ1) is 22.2. The minimum absolute atomic E-state index is 0. The Kier molecular flexibility index (Phi) is 22.2. The monoisotopic (exact) mass is 316 g/mol. The summed E-state index contributed by atoms with van der Waals surface area (Å²) in [5, 5.41) is 24.2. The second-order valence-electron chi connectivity index (χ2n) is 3.02. The Morgan fingerprint density at radius 3 is 1.38 bits per heavy atom. The fraction of sp³-hybridized carbons (Fsp3) is 1.00. The van der Waals surface area contributed by atoms with Crippen LogP contribution in [0.15, 0.2) is 0 Å². The zero-order valence-corrected chi connectivity index (χ0v) is 12.0. The molecule has 0 amide bonds. The van der Waals surface area contributed by atoms with Crippen molar-refractivity contribution in [2.45, 2.75) is 12.2 Å². The molecule has 4 nitrogen and oxygen atoms in total. The van der Waals surface area contributed by atoms with Gasteiger partial charge in [-0.3, -0.25) is 0 Å². The van der Waals surface area contributed by atoms with Crippen molar-refractivity contribution in [2.75, 3.05) is 37.9 Å². The first-order valence-corrected chi connectivity index (χ1v) is 5.67. The Morgan fingerprint density at radius 2 is 1.12 bits per heavy atom. The molecule has 0 rings (SSSR count). The van der Waals surface area contributed by atoms with Gasteiger partial charge in [0.15, 0.2) is 0 Å². The third-order valence-electron chi connectivity index (χ3n) is 1.59. The van der Waals surface area contributed by atoms with Crippen LogP contribution in [-0.2, 0) is 0 Å². The molecule has 0 aromatic heterocycles. The molecule has 0 fully saturated rings. The molecular formula is C8H20Cl4N2O2. The topological polar surface area (TPSA) is 64.5 Å². The van der Waals surface area contributed by atoms with Gasteiger partial charge in [-0.2, -0.15) is 0 Å². The Morgan fingerprint density at radius 1 is 0.812 bits per heavy atom. The number of rotatable bonds is 9. The van der Waals surface area contributed by atoms with Crippen molar-refractivity contribution in [1.29, 1.82) is 0 Å². The summed E-state index contributed by atoms with van der Waals surface area (Å²) in [6.07, 6.45) is -0.991. The molecule has 2 atom stereocenters. The summed E-state index contributed by atoms with van der Waals surface area (Å²) in [5.41, 5.74) is 0. The predicted octanol–water partition coefficient (Wildman–Crippen LogP) is 0.209. The second kappa shape index (κ2) is 16.0. The Labute approximate surface area is 119 Å². The molecule has 0 saturated heterocycles. The fourth-order valence-electron chi connectivity index (χ4n) is 0.823. The maximum absolute atomic E-state index is 9.07. The summed E-state index contributed by atoms with van der Waals surface area (Å²) in [6.45, 7) is 2.43. The summed E-state index contributed by atoms with van der Waals surface area (Å²) in [4.78, 5) is 0. The molecule has 2 unspecified atom stereocenters. The lowest BCUT2D eigenvalue weighted by atomic mass is 10.4. The molecule has 0 aromatic carbocycles. The Bertz CT molecular complexity index is 121. The molecule has 0 radical (unpaired) electrons. The maximum atomic E-state index is 9.07. The molecule has 0 aliphatic rings. The maximum Gasteiger partial charge on any atom is 0.0799 e. The van der Waals surface area contributed by atoms with Gasteiger partial charge >= 0.3 is 0 Å². The lowest BCUT2D eigenvalue weighted by molar-refractivity contribution is 0.189. The largest absolute Gasteiger partial charge is 0.391 e. The van der Waals surface area contributed by atoms with Crippen LogP contribution in [0.1, 0.15) is 0 Å². The van der Waals surface area contributed by atoms with E-state index in [1.54, 1.807) is 0 Å². The van der Waals surface area contributed by atoms with Crippen LogP contribution in [0.2, 0.25) is 0 Å². The van der Waals surface area contributed by atoms with E-state index in [2.05, 4.69) is 10.6 Å². The third-order valence-corrected chi connectivity index (χ3v) is 2.31. The number of aliphatic hydroxyl groups excluding tert-OH is 2. The SMILES string of the molecule is Cl.Cl.OC(CCl)CNCCNCC(O)CCl. The molecule has 0 aliphatic carbocycles. The number of hydrogen-bond acceptors (Lipinski definition) is 4. The van der Waals surface area contributed by atoms with E-state index < -0.39 is 12.2 Å². The van der Waals surface area contributed by atoms with Gasteiger partial charge in [-0.25, -0.2) is 0 Å². The highest BCUT2D eigenvalue weighted by Gasteiger charge is 2.01. The number of halogens is 4. The van der Waals surface area contributed by atoms with E-state index in [9.17, 15) is 0 Å². The van der Waals surface area contributed by atoms with Gasteiger partial charge < -0.3 is 20.8 Å². The zero-order valence-electron chi connectivity index (χ0n) is 8.86. The minimum atomic E-state index is -0.495. The van der Waals surface area contributed by atoms with Gasteiger partial charge in [-0.15, -0.1) is 48.0 Å². The molecule has 0 spiro atoms. The second-order valence-corrected chi connectivity index (χ2v) is 3.64. The average Bonchev–Trinajstić information content (AvgIpc) is 2.22.